The highest BCUT2D eigenvalue weighted by molar-refractivity contribution is 5.96. The van der Waals surface area contributed by atoms with E-state index < -0.39 is 11.8 Å². The van der Waals surface area contributed by atoms with E-state index >= 15 is 0 Å². The van der Waals surface area contributed by atoms with Crippen molar-refractivity contribution in [2.24, 2.45) is 5.92 Å². The summed E-state index contributed by atoms with van der Waals surface area (Å²) in [5.41, 5.74) is 1.41. The normalized spacial score (nSPS) is 16.1. The maximum Gasteiger partial charge on any atom is 0.338 e. The molecule has 1 aliphatic heterocycles. The smallest absolute Gasteiger partial charge is 0.338 e. The number of esters is 1. The van der Waals surface area contributed by atoms with Crippen molar-refractivity contribution in [2.75, 3.05) is 25.0 Å². The van der Waals surface area contributed by atoms with Crippen LogP contribution in [-0.4, -0.2) is 42.4 Å². The minimum Gasteiger partial charge on any atom is -0.462 e. The van der Waals surface area contributed by atoms with Crippen molar-refractivity contribution in [3.8, 4) is 0 Å². The summed E-state index contributed by atoms with van der Waals surface area (Å²) in [4.78, 5) is 38.8. The van der Waals surface area contributed by atoms with Crippen molar-refractivity contribution in [3.63, 3.8) is 0 Å². The van der Waals surface area contributed by atoms with Crippen LogP contribution in [0.25, 0.3) is 0 Å². The molecule has 1 fully saturated rings. The number of carbonyl (C=O) groups is 3. The third-order valence-electron chi connectivity index (χ3n) is 5.00. The number of benzene rings is 2. The van der Waals surface area contributed by atoms with Crippen molar-refractivity contribution in [1.29, 1.82) is 0 Å². The summed E-state index contributed by atoms with van der Waals surface area (Å²) < 4.78 is 18.2. The molecule has 1 aliphatic rings. The van der Waals surface area contributed by atoms with Gasteiger partial charge in [-0.25, -0.2) is 9.18 Å². The van der Waals surface area contributed by atoms with Gasteiger partial charge in [0.25, 0.3) is 5.91 Å². The lowest BCUT2D eigenvalue weighted by Crippen LogP contribution is -2.43. The van der Waals surface area contributed by atoms with Gasteiger partial charge in [-0.15, -0.1) is 0 Å². The van der Waals surface area contributed by atoms with E-state index in [9.17, 15) is 18.8 Å². The zero-order valence-corrected chi connectivity index (χ0v) is 16.9. The summed E-state index contributed by atoms with van der Waals surface area (Å²) >= 11 is 0. The topological polar surface area (TPSA) is 75.7 Å². The Morgan fingerprint density at radius 3 is 2.40 bits per heavy atom. The van der Waals surface area contributed by atoms with Gasteiger partial charge in [0.15, 0.2) is 0 Å². The highest BCUT2D eigenvalue weighted by atomic mass is 19.1. The van der Waals surface area contributed by atoms with Gasteiger partial charge >= 0.3 is 5.97 Å². The van der Waals surface area contributed by atoms with Crippen LogP contribution in [0.3, 0.4) is 0 Å². The van der Waals surface area contributed by atoms with Gasteiger partial charge < -0.3 is 15.0 Å². The number of hydrogen-bond donors (Lipinski definition) is 1. The predicted molar refractivity (Wildman–Crippen MR) is 111 cm³/mol. The molecule has 30 heavy (non-hydrogen) atoms. The van der Waals surface area contributed by atoms with E-state index in [-0.39, 0.29) is 17.7 Å². The van der Waals surface area contributed by atoms with Crippen LogP contribution in [0, 0.1) is 11.7 Å². The summed E-state index contributed by atoms with van der Waals surface area (Å²) in [6, 6.07) is 11.9. The molecule has 1 atom stereocenters. The Morgan fingerprint density at radius 1 is 1.07 bits per heavy atom. The third-order valence-corrected chi connectivity index (χ3v) is 5.00. The summed E-state index contributed by atoms with van der Waals surface area (Å²) in [5.74, 6) is -1.50. The second-order valence-corrected chi connectivity index (χ2v) is 7.30. The Morgan fingerprint density at radius 2 is 1.73 bits per heavy atom. The maximum atomic E-state index is 13.1. The number of likely N-dealkylation sites (tertiary alicyclic amines) is 1. The summed E-state index contributed by atoms with van der Waals surface area (Å²) in [7, 11) is 0. The lowest BCUT2D eigenvalue weighted by Gasteiger charge is -2.32. The number of hydrogen-bond acceptors (Lipinski definition) is 4. The molecule has 2 amide bonds. The van der Waals surface area contributed by atoms with Crippen LogP contribution in [0.2, 0.25) is 0 Å². The Bertz CT molecular complexity index is 896. The van der Waals surface area contributed by atoms with Gasteiger partial charge in [0.2, 0.25) is 5.91 Å². The maximum absolute atomic E-state index is 13.1. The molecule has 1 saturated heterocycles. The second kappa shape index (κ2) is 10.0. The molecule has 6 nitrogen and oxygen atoms in total. The third kappa shape index (κ3) is 5.43. The van der Waals surface area contributed by atoms with Crippen molar-refractivity contribution in [1.82, 2.24) is 4.90 Å². The SMILES string of the molecule is CCCOC(=O)c1ccc(NC(=O)C2CCCN(C(=O)c3ccc(F)cc3)C2)cc1. The molecule has 0 aliphatic carbocycles. The van der Waals surface area contributed by atoms with E-state index in [2.05, 4.69) is 5.32 Å². The van der Waals surface area contributed by atoms with E-state index in [1.807, 2.05) is 6.92 Å². The van der Waals surface area contributed by atoms with Crippen molar-refractivity contribution < 1.29 is 23.5 Å². The lowest BCUT2D eigenvalue weighted by atomic mass is 9.96. The van der Waals surface area contributed by atoms with Crippen LogP contribution in [0.1, 0.15) is 46.9 Å². The average molecular weight is 412 g/mol. The van der Waals surface area contributed by atoms with Gasteiger partial charge in [0.1, 0.15) is 5.82 Å². The molecular weight excluding hydrogens is 387 g/mol. The summed E-state index contributed by atoms with van der Waals surface area (Å²) in [6.45, 7) is 3.16. The highest BCUT2D eigenvalue weighted by Crippen LogP contribution is 2.21. The fraction of sp³-hybridized carbons (Fsp3) is 0.348. The van der Waals surface area contributed by atoms with Gasteiger partial charge in [0.05, 0.1) is 18.1 Å². The van der Waals surface area contributed by atoms with Crippen molar-refractivity contribution in [3.05, 3.63) is 65.5 Å². The number of carbonyl (C=O) groups excluding carboxylic acids is 3. The first-order valence-electron chi connectivity index (χ1n) is 10.1. The molecule has 7 heteroatoms. The molecule has 0 bridgehead atoms. The van der Waals surface area contributed by atoms with Crippen LogP contribution in [-0.2, 0) is 9.53 Å². The van der Waals surface area contributed by atoms with Crippen LogP contribution >= 0.6 is 0 Å². The van der Waals surface area contributed by atoms with Crippen LogP contribution in [0.15, 0.2) is 48.5 Å². The minimum atomic E-state index is -0.396. The van der Waals surface area contributed by atoms with Gasteiger partial charge in [-0.2, -0.15) is 0 Å². The fourth-order valence-electron chi connectivity index (χ4n) is 3.36. The average Bonchev–Trinajstić information content (AvgIpc) is 2.78. The Labute approximate surface area is 175 Å². The first kappa shape index (κ1) is 21.5. The number of halogens is 1. The summed E-state index contributed by atoms with van der Waals surface area (Å²) in [5, 5.41) is 2.85. The molecule has 0 radical (unpaired) electrons. The van der Waals surface area contributed by atoms with E-state index in [4.69, 9.17) is 4.74 Å². The van der Waals surface area contributed by atoms with Gasteiger partial charge in [-0.1, -0.05) is 6.92 Å². The zero-order valence-electron chi connectivity index (χ0n) is 16.9. The Hall–Kier alpha value is -3.22. The number of nitrogens with one attached hydrogen (secondary N) is 1. The number of nitrogens with zero attached hydrogens (tertiary/aromatic N) is 1. The van der Waals surface area contributed by atoms with E-state index in [1.54, 1.807) is 29.2 Å². The number of anilines is 1. The molecular formula is C23H25FN2O4. The van der Waals surface area contributed by atoms with Gasteiger partial charge in [-0.3, -0.25) is 9.59 Å². The molecule has 1 heterocycles. The number of rotatable bonds is 6. The second-order valence-electron chi connectivity index (χ2n) is 7.30. The number of amides is 2. The molecule has 2 aromatic carbocycles. The predicted octanol–water partition coefficient (Wildman–Crippen LogP) is 3.88. The summed E-state index contributed by atoms with van der Waals surface area (Å²) in [6.07, 6.45) is 2.15. The standard InChI is InChI=1S/C23H25FN2O4/c1-2-14-30-23(29)17-7-11-20(12-8-17)25-21(27)18-4-3-13-26(15-18)22(28)16-5-9-19(24)10-6-16/h5-12,18H,2-4,13-15H2,1H3,(H,25,27). The van der Waals surface area contributed by atoms with Gasteiger partial charge in [-0.05, 0) is 67.8 Å². The molecule has 1 N–H and O–H groups in total. The van der Waals surface area contributed by atoms with Crippen LogP contribution < -0.4 is 5.32 Å². The largest absolute Gasteiger partial charge is 0.462 e. The fourth-order valence-corrected chi connectivity index (χ4v) is 3.36. The zero-order chi connectivity index (χ0) is 21.5. The molecule has 0 aromatic heterocycles. The van der Waals surface area contributed by atoms with Gasteiger partial charge in [0, 0.05) is 24.3 Å². The first-order chi connectivity index (χ1) is 14.5. The highest BCUT2D eigenvalue weighted by Gasteiger charge is 2.29. The molecule has 3 rings (SSSR count). The quantitative estimate of drug-likeness (QED) is 0.731. The van der Waals surface area contributed by atoms with E-state index in [0.29, 0.717) is 49.4 Å². The van der Waals surface area contributed by atoms with Crippen LogP contribution in [0.4, 0.5) is 10.1 Å². The molecule has 0 saturated carbocycles. The van der Waals surface area contributed by atoms with E-state index in [0.717, 1.165) is 6.42 Å². The van der Waals surface area contributed by atoms with Crippen molar-refractivity contribution >= 4 is 23.5 Å². The molecule has 1 unspecified atom stereocenters. The monoisotopic (exact) mass is 412 g/mol. The van der Waals surface area contributed by atoms with Crippen molar-refractivity contribution in [2.45, 2.75) is 26.2 Å². The molecule has 0 spiro atoms. The molecule has 2 aromatic rings. The van der Waals surface area contributed by atoms with Crippen LogP contribution in [0.5, 0.6) is 0 Å². The Kier molecular flexibility index (Phi) is 7.17. The minimum absolute atomic E-state index is 0.173. The number of piperidine rings is 1. The first-order valence-corrected chi connectivity index (χ1v) is 10.1. The lowest BCUT2D eigenvalue weighted by molar-refractivity contribution is -0.121. The number of ether oxygens (including phenoxy) is 1. The Balaban J connectivity index is 1.58. The molecule has 158 valence electrons. The van der Waals surface area contributed by atoms with E-state index in [1.165, 1.54) is 24.3 Å².